The highest BCUT2D eigenvalue weighted by Crippen LogP contribution is 2.07. The fourth-order valence-corrected chi connectivity index (χ4v) is 1.39. The highest BCUT2D eigenvalue weighted by atomic mass is 32.2. The summed E-state index contributed by atoms with van der Waals surface area (Å²) in [6.45, 7) is 9.72. The van der Waals surface area contributed by atoms with E-state index in [9.17, 15) is 4.79 Å². The Balaban J connectivity index is 3.86. The summed E-state index contributed by atoms with van der Waals surface area (Å²) in [6.07, 6.45) is 2.34. The van der Waals surface area contributed by atoms with Gasteiger partial charge in [0, 0.05) is 12.2 Å². The topological polar surface area (TPSA) is 17.1 Å². The standard InChI is InChI=1S/C11H18OS/c1-5-13-7-6-11(12)8-10(4)9(2)3/h8H,2,5-7H2,1,3-4H3/b10-8-. The van der Waals surface area contributed by atoms with Crippen molar-refractivity contribution in [2.45, 2.75) is 27.2 Å². The molecule has 0 aromatic heterocycles. The second-order valence-electron chi connectivity index (χ2n) is 3.02. The third-order valence-electron chi connectivity index (χ3n) is 1.75. The monoisotopic (exact) mass is 198 g/mol. The van der Waals surface area contributed by atoms with E-state index in [0.717, 1.165) is 22.7 Å². The van der Waals surface area contributed by atoms with Crippen molar-refractivity contribution in [1.82, 2.24) is 0 Å². The minimum absolute atomic E-state index is 0.210. The summed E-state index contributed by atoms with van der Waals surface area (Å²) in [4.78, 5) is 11.3. The smallest absolute Gasteiger partial charge is 0.156 e. The zero-order valence-corrected chi connectivity index (χ0v) is 9.54. The first-order valence-corrected chi connectivity index (χ1v) is 5.68. The molecule has 0 N–H and O–H groups in total. The maximum absolute atomic E-state index is 11.3. The summed E-state index contributed by atoms with van der Waals surface area (Å²) in [5, 5.41) is 0. The normalized spacial score (nSPS) is 11.5. The largest absolute Gasteiger partial charge is 0.295 e. The lowest BCUT2D eigenvalue weighted by molar-refractivity contribution is -0.114. The van der Waals surface area contributed by atoms with Gasteiger partial charge in [-0.1, -0.05) is 19.1 Å². The van der Waals surface area contributed by atoms with Gasteiger partial charge in [-0.25, -0.2) is 0 Å². The molecule has 1 nitrogen and oxygen atoms in total. The Hall–Kier alpha value is -0.500. The van der Waals surface area contributed by atoms with Crippen molar-refractivity contribution >= 4 is 17.5 Å². The van der Waals surface area contributed by atoms with Crippen LogP contribution in [-0.2, 0) is 4.79 Å². The van der Waals surface area contributed by atoms with E-state index in [1.807, 2.05) is 13.8 Å². The van der Waals surface area contributed by atoms with Crippen LogP contribution < -0.4 is 0 Å². The number of hydrogen-bond donors (Lipinski definition) is 0. The summed E-state index contributed by atoms with van der Waals surface area (Å²) in [5.41, 5.74) is 1.96. The summed E-state index contributed by atoms with van der Waals surface area (Å²) in [5.74, 6) is 2.22. The van der Waals surface area contributed by atoms with E-state index < -0.39 is 0 Å². The first-order chi connectivity index (χ1) is 6.07. The minimum atomic E-state index is 0.210. The van der Waals surface area contributed by atoms with Gasteiger partial charge in [0.25, 0.3) is 0 Å². The first kappa shape index (κ1) is 12.5. The van der Waals surface area contributed by atoms with Crippen LogP contribution in [0.25, 0.3) is 0 Å². The van der Waals surface area contributed by atoms with Crippen LogP contribution in [0.2, 0.25) is 0 Å². The number of allylic oxidation sites excluding steroid dienone is 3. The van der Waals surface area contributed by atoms with Crippen molar-refractivity contribution in [1.29, 1.82) is 0 Å². The van der Waals surface area contributed by atoms with Crippen LogP contribution in [0.3, 0.4) is 0 Å². The molecule has 0 bridgehead atoms. The van der Waals surface area contributed by atoms with Gasteiger partial charge in [-0.05, 0) is 31.2 Å². The predicted octanol–water partition coefficient (Wildman–Crippen LogP) is 3.22. The molecular formula is C11H18OS. The Kier molecular flexibility index (Phi) is 6.69. The van der Waals surface area contributed by atoms with Crippen molar-refractivity contribution < 1.29 is 4.79 Å². The molecule has 0 saturated heterocycles. The molecule has 2 heteroatoms. The highest BCUT2D eigenvalue weighted by Gasteiger charge is 1.98. The molecule has 0 aromatic rings. The fraction of sp³-hybridized carbons (Fsp3) is 0.545. The van der Waals surface area contributed by atoms with E-state index in [4.69, 9.17) is 0 Å². The van der Waals surface area contributed by atoms with Crippen molar-refractivity contribution in [2.75, 3.05) is 11.5 Å². The zero-order valence-electron chi connectivity index (χ0n) is 8.72. The van der Waals surface area contributed by atoms with Gasteiger partial charge in [-0.2, -0.15) is 11.8 Å². The molecule has 0 amide bonds. The van der Waals surface area contributed by atoms with E-state index in [1.165, 1.54) is 0 Å². The van der Waals surface area contributed by atoms with Crippen molar-refractivity contribution in [3.8, 4) is 0 Å². The Morgan fingerprint density at radius 2 is 2.08 bits per heavy atom. The maximum atomic E-state index is 11.3. The van der Waals surface area contributed by atoms with Gasteiger partial charge in [0.15, 0.2) is 5.78 Å². The van der Waals surface area contributed by atoms with E-state index in [-0.39, 0.29) is 5.78 Å². The lowest BCUT2D eigenvalue weighted by Gasteiger charge is -1.98. The SMILES string of the molecule is C=C(C)/C(C)=C\C(=O)CCSCC. The van der Waals surface area contributed by atoms with Gasteiger partial charge in [0.2, 0.25) is 0 Å². The fourth-order valence-electron chi connectivity index (χ4n) is 0.754. The number of hydrogen-bond acceptors (Lipinski definition) is 2. The Bertz CT molecular complexity index is 216. The molecule has 74 valence electrons. The molecule has 13 heavy (non-hydrogen) atoms. The number of carbonyl (C=O) groups is 1. The maximum Gasteiger partial charge on any atom is 0.156 e. The molecule has 0 aromatic carbocycles. The van der Waals surface area contributed by atoms with Crippen molar-refractivity contribution in [2.24, 2.45) is 0 Å². The Morgan fingerprint density at radius 3 is 2.54 bits per heavy atom. The van der Waals surface area contributed by atoms with Crippen LogP contribution >= 0.6 is 11.8 Å². The quantitative estimate of drug-likeness (QED) is 0.370. The van der Waals surface area contributed by atoms with E-state index >= 15 is 0 Å². The van der Waals surface area contributed by atoms with Gasteiger partial charge < -0.3 is 0 Å². The molecule has 0 unspecified atom stereocenters. The zero-order chi connectivity index (χ0) is 10.3. The Morgan fingerprint density at radius 1 is 1.46 bits per heavy atom. The molecule has 0 spiro atoms. The average Bonchev–Trinajstić information content (AvgIpc) is 2.04. The summed E-state index contributed by atoms with van der Waals surface area (Å²) in [7, 11) is 0. The van der Waals surface area contributed by atoms with Crippen molar-refractivity contribution in [3.05, 3.63) is 23.8 Å². The van der Waals surface area contributed by atoms with Crippen LogP contribution in [0, 0.1) is 0 Å². The van der Waals surface area contributed by atoms with E-state index in [0.29, 0.717) is 6.42 Å². The predicted molar refractivity (Wildman–Crippen MR) is 61.2 cm³/mol. The Labute approximate surface area is 85.3 Å². The molecule has 0 aliphatic rings. The number of thioether (sulfide) groups is 1. The highest BCUT2D eigenvalue weighted by molar-refractivity contribution is 7.99. The number of rotatable bonds is 6. The van der Waals surface area contributed by atoms with Crippen LogP contribution in [0.15, 0.2) is 23.8 Å². The van der Waals surface area contributed by atoms with Crippen LogP contribution in [0.4, 0.5) is 0 Å². The number of ketones is 1. The molecule has 0 radical (unpaired) electrons. The van der Waals surface area contributed by atoms with Crippen molar-refractivity contribution in [3.63, 3.8) is 0 Å². The summed E-state index contributed by atoms with van der Waals surface area (Å²) < 4.78 is 0. The molecule has 0 fully saturated rings. The summed E-state index contributed by atoms with van der Waals surface area (Å²) >= 11 is 1.80. The molecule has 0 aliphatic heterocycles. The lowest BCUT2D eigenvalue weighted by atomic mass is 10.1. The van der Waals surface area contributed by atoms with Gasteiger partial charge in [0.05, 0.1) is 0 Å². The summed E-state index contributed by atoms with van der Waals surface area (Å²) in [6, 6.07) is 0. The van der Waals surface area contributed by atoms with Gasteiger partial charge >= 0.3 is 0 Å². The minimum Gasteiger partial charge on any atom is -0.295 e. The van der Waals surface area contributed by atoms with Gasteiger partial charge in [-0.15, -0.1) is 0 Å². The van der Waals surface area contributed by atoms with Crippen LogP contribution in [0.5, 0.6) is 0 Å². The molecule has 0 saturated carbocycles. The molecular weight excluding hydrogens is 180 g/mol. The van der Waals surface area contributed by atoms with E-state index in [1.54, 1.807) is 17.8 Å². The molecule has 0 atom stereocenters. The molecule has 0 heterocycles. The lowest BCUT2D eigenvalue weighted by Crippen LogP contribution is -1.96. The molecule has 0 rings (SSSR count). The third-order valence-corrected chi connectivity index (χ3v) is 2.65. The van der Waals surface area contributed by atoms with E-state index in [2.05, 4.69) is 13.5 Å². The second kappa shape index (κ2) is 6.96. The third kappa shape index (κ3) is 6.64. The van der Waals surface area contributed by atoms with Crippen LogP contribution in [-0.4, -0.2) is 17.3 Å². The second-order valence-corrected chi connectivity index (χ2v) is 4.41. The van der Waals surface area contributed by atoms with Crippen LogP contribution in [0.1, 0.15) is 27.2 Å². The number of carbonyl (C=O) groups excluding carboxylic acids is 1. The first-order valence-electron chi connectivity index (χ1n) is 4.52. The van der Waals surface area contributed by atoms with Gasteiger partial charge in [-0.3, -0.25) is 4.79 Å². The molecule has 0 aliphatic carbocycles. The van der Waals surface area contributed by atoms with Gasteiger partial charge in [0.1, 0.15) is 0 Å². The average molecular weight is 198 g/mol.